The smallest absolute Gasteiger partial charge is 0.236 e. The molecule has 0 aliphatic rings. The van der Waals surface area contributed by atoms with E-state index in [-0.39, 0.29) is 6.04 Å². The van der Waals surface area contributed by atoms with Crippen molar-refractivity contribution < 1.29 is 4.74 Å². The van der Waals surface area contributed by atoms with Gasteiger partial charge in [-0.05, 0) is 37.4 Å². The van der Waals surface area contributed by atoms with Crippen LogP contribution >= 0.6 is 0 Å². The highest BCUT2D eigenvalue weighted by Crippen LogP contribution is 2.24. The molecule has 0 saturated heterocycles. The molecule has 0 bridgehead atoms. The Morgan fingerprint density at radius 1 is 1.24 bits per heavy atom. The third-order valence-corrected chi connectivity index (χ3v) is 3.30. The van der Waals surface area contributed by atoms with Crippen LogP contribution in [0.25, 0.3) is 0 Å². The van der Waals surface area contributed by atoms with Gasteiger partial charge in [0.05, 0.1) is 13.2 Å². The lowest BCUT2D eigenvalue weighted by Crippen LogP contribution is -2.24. The molecule has 2 rings (SSSR count). The number of pyridine rings is 1. The number of nitrogens with one attached hydrogen (secondary N) is 1. The van der Waals surface area contributed by atoms with E-state index in [0.717, 1.165) is 31.5 Å². The van der Waals surface area contributed by atoms with Crippen LogP contribution in [0.4, 0.5) is 0 Å². The Bertz CT molecular complexity index is 533. The number of aryl methyl sites for hydroxylation is 1. The van der Waals surface area contributed by atoms with Gasteiger partial charge >= 0.3 is 0 Å². The molecule has 5 heteroatoms. The minimum atomic E-state index is 0.133. The molecule has 1 unspecified atom stereocenters. The number of rotatable bonds is 8. The van der Waals surface area contributed by atoms with Crippen LogP contribution in [0, 0.1) is 0 Å². The van der Waals surface area contributed by atoms with Gasteiger partial charge in [0.25, 0.3) is 0 Å². The molecule has 21 heavy (non-hydrogen) atoms. The molecule has 5 nitrogen and oxygen atoms in total. The Morgan fingerprint density at radius 3 is 2.81 bits per heavy atom. The second-order valence-electron chi connectivity index (χ2n) is 4.86. The Hall–Kier alpha value is -2.01. The van der Waals surface area contributed by atoms with Crippen LogP contribution < -0.4 is 10.1 Å². The summed E-state index contributed by atoms with van der Waals surface area (Å²) in [6, 6.07) is 4.19. The highest BCUT2D eigenvalue weighted by molar-refractivity contribution is 5.22. The number of nitrogens with zero attached hydrogens (tertiary/aromatic N) is 3. The van der Waals surface area contributed by atoms with Gasteiger partial charge in [0.2, 0.25) is 5.88 Å². The van der Waals surface area contributed by atoms with E-state index in [4.69, 9.17) is 4.74 Å². The highest BCUT2D eigenvalue weighted by Gasteiger charge is 2.17. The molecule has 112 valence electrons. The van der Waals surface area contributed by atoms with Crippen LogP contribution in [-0.2, 0) is 6.42 Å². The summed E-state index contributed by atoms with van der Waals surface area (Å²) in [6.07, 6.45) is 10.0. The first-order valence-corrected chi connectivity index (χ1v) is 7.32. The van der Waals surface area contributed by atoms with Gasteiger partial charge in [-0.15, -0.1) is 0 Å². The zero-order chi connectivity index (χ0) is 14.9. The van der Waals surface area contributed by atoms with Gasteiger partial charge < -0.3 is 10.1 Å². The van der Waals surface area contributed by atoms with Crippen molar-refractivity contribution in [3.8, 4) is 5.88 Å². The maximum atomic E-state index is 5.33. The zero-order valence-electron chi connectivity index (χ0n) is 12.6. The maximum Gasteiger partial charge on any atom is 0.236 e. The number of aromatic nitrogens is 3. The van der Waals surface area contributed by atoms with E-state index >= 15 is 0 Å². The molecule has 0 spiro atoms. The van der Waals surface area contributed by atoms with E-state index in [1.807, 2.05) is 12.3 Å². The second kappa shape index (κ2) is 8.32. The predicted molar refractivity (Wildman–Crippen MR) is 82.2 cm³/mol. The summed E-state index contributed by atoms with van der Waals surface area (Å²) in [4.78, 5) is 12.9. The second-order valence-corrected chi connectivity index (χ2v) is 4.86. The molecular weight excluding hydrogens is 264 g/mol. The largest absolute Gasteiger partial charge is 0.480 e. The number of hydrogen-bond donors (Lipinski definition) is 1. The molecule has 1 atom stereocenters. The molecule has 1 N–H and O–H groups in total. The predicted octanol–water partition coefficient (Wildman–Crippen LogP) is 2.55. The molecule has 0 fully saturated rings. The van der Waals surface area contributed by atoms with Crippen molar-refractivity contribution in [3.63, 3.8) is 0 Å². The lowest BCUT2D eigenvalue weighted by molar-refractivity contribution is 0.373. The van der Waals surface area contributed by atoms with Gasteiger partial charge in [-0.3, -0.25) is 9.97 Å². The van der Waals surface area contributed by atoms with E-state index in [2.05, 4.69) is 33.3 Å². The van der Waals surface area contributed by atoms with E-state index in [1.54, 1.807) is 25.7 Å². The van der Waals surface area contributed by atoms with Crippen LogP contribution in [-0.4, -0.2) is 28.6 Å². The van der Waals surface area contributed by atoms with Crippen molar-refractivity contribution in [3.05, 3.63) is 48.2 Å². The van der Waals surface area contributed by atoms with Crippen molar-refractivity contribution in [1.29, 1.82) is 0 Å². The minimum Gasteiger partial charge on any atom is -0.480 e. The molecule has 0 amide bonds. The normalized spacial score (nSPS) is 12.1. The van der Waals surface area contributed by atoms with Crippen molar-refractivity contribution >= 4 is 0 Å². The molecule has 0 saturated carbocycles. The van der Waals surface area contributed by atoms with Crippen molar-refractivity contribution in [2.24, 2.45) is 0 Å². The van der Waals surface area contributed by atoms with Gasteiger partial charge in [0, 0.05) is 24.8 Å². The first kappa shape index (κ1) is 15.4. The maximum absolute atomic E-state index is 5.33. The van der Waals surface area contributed by atoms with Crippen LogP contribution in [0.2, 0.25) is 0 Å². The summed E-state index contributed by atoms with van der Waals surface area (Å²) in [6.45, 7) is 3.09. The SMILES string of the molecule is CCCNC(CCc1cccnc1)c1nccnc1OC. The Morgan fingerprint density at radius 2 is 2.10 bits per heavy atom. The molecule has 2 aromatic rings. The van der Waals surface area contributed by atoms with Crippen LogP contribution in [0.15, 0.2) is 36.9 Å². The zero-order valence-corrected chi connectivity index (χ0v) is 12.6. The molecule has 2 heterocycles. The van der Waals surface area contributed by atoms with Gasteiger partial charge in [0.1, 0.15) is 5.69 Å². The third-order valence-electron chi connectivity index (χ3n) is 3.30. The summed E-state index contributed by atoms with van der Waals surface area (Å²) >= 11 is 0. The number of methoxy groups -OCH3 is 1. The van der Waals surface area contributed by atoms with Crippen LogP contribution in [0.3, 0.4) is 0 Å². The van der Waals surface area contributed by atoms with Gasteiger partial charge in [-0.25, -0.2) is 4.98 Å². The van der Waals surface area contributed by atoms with Crippen molar-refractivity contribution in [1.82, 2.24) is 20.3 Å². The standard InChI is InChI=1S/C16H22N4O/c1-3-8-18-14(7-6-13-5-4-9-17-12-13)15-16(21-2)20-11-10-19-15/h4-5,9-12,14,18H,3,6-8H2,1-2H3. The average molecular weight is 286 g/mol. The highest BCUT2D eigenvalue weighted by atomic mass is 16.5. The quantitative estimate of drug-likeness (QED) is 0.808. The lowest BCUT2D eigenvalue weighted by atomic mass is 10.0. The van der Waals surface area contributed by atoms with Gasteiger partial charge in [-0.2, -0.15) is 0 Å². The van der Waals surface area contributed by atoms with Gasteiger partial charge in [-0.1, -0.05) is 13.0 Å². The van der Waals surface area contributed by atoms with Gasteiger partial charge in [0.15, 0.2) is 0 Å². The Balaban J connectivity index is 2.10. The van der Waals surface area contributed by atoms with E-state index < -0.39 is 0 Å². The number of hydrogen-bond acceptors (Lipinski definition) is 5. The lowest BCUT2D eigenvalue weighted by Gasteiger charge is -2.19. The van der Waals surface area contributed by atoms with Crippen molar-refractivity contribution in [2.75, 3.05) is 13.7 Å². The average Bonchev–Trinajstić information content (AvgIpc) is 2.56. The fourth-order valence-corrected chi connectivity index (χ4v) is 2.24. The monoisotopic (exact) mass is 286 g/mol. The van der Waals surface area contributed by atoms with E-state index in [9.17, 15) is 0 Å². The van der Waals surface area contributed by atoms with Crippen LogP contribution in [0.5, 0.6) is 5.88 Å². The topological polar surface area (TPSA) is 59.9 Å². The minimum absolute atomic E-state index is 0.133. The van der Waals surface area contributed by atoms with Crippen molar-refractivity contribution in [2.45, 2.75) is 32.2 Å². The van der Waals surface area contributed by atoms with Crippen LogP contribution in [0.1, 0.15) is 37.1 Å². The fraction of sp³-hybridized carbons (Fsp3) is 0.438. The summed E-state index contributed by atoms with van der Waals surface area (Å²) < 4.78 is 5.33. The summed E-state index contributed by atoms with van der Waals surface area (Å²) in [7, 11) is 1.63. The molecule has 0 radical (unpaired) electrons. The number of ether oxygens (including phenoxy) is 1. The molecule has 0 aromatic carbocycles. The first-order chi connectivity index (χ1) is 10.3. The Kier molecular flexibility index (Phi) is 6.09. The first-order valence-electron chi connectivity index (χ1n) is 7.32. The molecule has 2 aromatic heterocycles. The Labute approximate surface area is 125 Å². The van der Waals surface area contributed by atoms with E-state index in [0.29, 0.717) is 5.88 Å². The molecular formula is C16H22N4O. The molecule has 0 aliphatic heterocycles. The summed E-state index contributed by atoms with van der Waals surface area (Å²) in [5, 5.41) is 3.53. The summed E-state index contributed by atoms with van der Waals surface area (Å²) in [5.74, 6) is 0.595. The summed E-state index contributed by atoms with van der Waals surface area (Å²) in [5.41, 5.74) is 2.10. The molecule has 0 aliphatic carbocycles. The fourth-order valence-electron chi connectivity index (χ4n) is 2.24. The third kappa shape index (κ3) is 4.49. The van der Waals surface area contributed by atoms with E-state index in [1.165, 1.54) is 5.56 Å².